The summed E-state index contributed by atoms with van der Waals surface area (Å²) in [5.41, 5.74) is 1.08. The Labute approximate surface area is 144 Å². The van der Waals surface area contributed by atoms with E-state index in [1.807, 2.05) is 18.0 Å². The Balaban J connectivity index is 0.00000242. The van der Waals surface area contributed by atoms with E-state index < -0.39 is 5.97 Å². The van der Waals surface area contributed by atoms with Gasteiger partial charge in [-0.25, -0.2) is 4.39 Å². The first-order chi connectivity index (χ1) is 9.95. The van der Waals surface area contributed by atoms with Gasteiger partial charge in [0.25, 0.3) is 0 Å². The molecule has 1 N–H and O–H groups in total. The van der Waals surface area contributed by atoms with Crippen LogP contribution in [0.15, 0.2) is 22.7 Å². The first-order valence-electron chi connectivity index (χ1n) is 7.04. The monoisotopic (exact) mass is 394 g/mol. The smallest absolute Gasteiger partial charge is 0.317 e. The van der Waals surface area contributed by atoms with Crippen LogP contribution in [-0.2, 0) is 11.3 Å². The number of rotatable bonds is 5. The van der Waals surface area contributed by atoms with Gasteiger partial charge in [0, 0.05) is 17.1 Å². The van der Waals surface area contributed by atoms with Crippen LogP contribution in [0.25, 0.3) is 0 Å². The predicted molar refractivity (Wildman–Crippen MR) is 89.9 cm³/mol. The minimum atomic E-state index is -0.782. The molecule has 0 saturated carbocycles. The number of carboxylic acids is 1. The molecule has 0 atom stereocenters. The highest BCUT2D eigenvalue weighted by molar-refractivity contribution is 9.10. The Morgan fingerprint density at radius 2 is 2.09 bits per heavy atom. The fourth-order valence-electron chi connectivity index (χ4n) is 2.75. The lowest BCUT2D eigenvalue weighted by Crippen LogP contribution is -2.44. The third-order valence-electron chi connectivity index (χ3n) is 3.97. The van der Waals surface area contributed by atoms with Gasteiger partial charge >= 0.3 is 5.97 Å². The number of likely N-dealkylation sites (tertiary alicyclic amines) is 1. The van der Waals surface area contributed by atoms with Crippen molar-refractivity contribution >= 4 is 34.3 Å². The van der Waals surface area contributed by atoms with Crippen molar-refractivity contribution in [2.75, 3.05) is 26.7 Å². The molecule has 1 heterocycles. The Kier molecular flexibility index (Phi) is 7.76. The van der Waals surface area contributed by atoms with Crippen molar-refractivity contribution < 1.29 is 14.3 Å². The maximum Gasteiger partial charge on any atom is 0.317 e. The fraction of sp³-hybridized carbons (Fsp3) is 0.533. The molecule has 7 heteroatoms. The largest absolute Gasteiger partial charge is 0.480 e. The molecule has 0 bridgehead atoms. The number of aliphatic carboxylic acids is 1. The summed E-state index contributed by atoms with van der Waals surface area (Å²) < 4.78 is 13.9. The minimum absolute atomic E-state index is 0. The molecule has 1 fully saturated rings. The van der Waals surface area contributed by atoms with Gasteiger partial charge in [0.1, 0.15) is 5.82 Å². The molecular weight excluding hydrogens is 375 g/mol. The number of halogens is 3. The lowest BCUT2D eigenvalue weighted by molar-refractivity contribution is -0.138. The number of nitrogens with zero attached hydrogens (tertiary/aromatic N) is 2. The SMILES string of the molecule is CN(CC(=O)O)C1CCN(Cc2ccc(F)cc2Br)CC1.Cl. The highest BCUT2D eigenvalue weighted by Gasteiger charge is 2.23. The van der Waals surface area contributed by atoms with Gasteiger partial charge < -0.3 is 5.11 Å². The summed E-state index contributed by atoms with van der Waals surface area (Å²) in [5.74, 6) is -1.02. The van der Waals surface area contributed by atoms with Crippen LogP contribution in [0, 0.1) is 5.82 Å². The number of hydrogen-bond acceptors (Lipinski definition) is 3. The number of carbonyl (C=O) groups is 1. The minimum Gasteiger partial charge on any atom is -0.480 e. The number of hydrogen-bond donors (Lipinski definition) is 1. The predicted octanol–water partition coefficient (Wildman–Crippen LogP) is 2.99. The summed E-state index contributed by atoms with van der Waals surface area (Å²) in [5, 5.41) is 8.83. The van der Waals surface area contributed by atoms with Crippen molar-refractivity contribution in [2.24, 2.45) is 0 Å². The van der Waals surface area contributed by atoms with Crippen LogP contribution >= 0.6 is 28.3 Å². The van der Waals surface area contributed by atoms with Crippen LogP contribution in [0.5, 0.6) is 0 Å². The third kappa shape index (κ3) is 5.50. The number of likely N-dealkylation sites (N-methyl/N-ethyl adjacent to an activating group) is 1. The Morgan fingerprint density at radius 1 is 1.45 bits per heavy atom. The molecule has 1 aromatic rings. The second-order valence-corrected chi connectivity index (χ2v) is 6.41. The molecule has 0 amide bonds. The fourth-order valence-corrected chi connectivity index (χ4v) is 3.23. The number of carboxylic acid groups (broad SMARTS) is 1. The van der Waals surface area contributed by atoms with Crippen LogP contribution in [0.2, 0.25) is 0 Å². The molecule has 2 rings (SSSR count). The molecule has 1 saturated heterocycles. The molecule has 0 aliphatic carbocycles. The van der Waals surface area contributed by atoms with E-state index in [4.69, 9.17) is 5.11 Å². The lowest BCUT2D eigenvalue weighted by atomic mass is 10.0. The van der Waals surface area contributed by atoms with E-state index in [9.17, 15) is 9.18 Å². The Bertz CT molecular complexity index is 510. The molecule has 22 heavy (non-hydrogen) atoms. The van der Waals surface area contributed by atoms with Gasteiger partial charge in [0.2, 0.25) is 0 Å². The van der Waals surface area contributed by atoms with Gasteiger partial charge in [-0.15, -0.1) is 12.4 Å². The Morgan fingerprint density at radius 3 is 2.64 bits per heavy atom. The third-order valence-corrected chi connectivity index (χ3v) is 4.71. The van der Waals surface area contributed by atoms with Gasteiger partial charge in [-0.1, -0.05) is 22.0 Å². The van der Waals surface area contributed by atoms with Gasteiger partial charge in [-0.05, 0) is 50.7 Å². The quantitative estimate of drug-likeness (QED) is 0.832. The van der Waals surface area contributed by atoms with Crippen LogP contribution in [-0.4, -0.2) is 53.6 Å². The van der Waals surface area contributed by atoms with E-state index in [-0.39, 0.29) is 24.8 Å². The molecule has 124 valence electrons. The molecule has 4 nitrogen and oxygen atoms in total. The van der Waals surface area contributed by atoms with Crippen molar-refractivity contribution in [1.82, 2.24) is 9.80 Å². The molecule has 0 aromatic heterocycles. The summed E-state index contributed by atoms with van der Waals surface area (Å²) in [6.45, 7) is 2.74. The zero-order valence-electron chi connectivity index (χ0n) is 12.5. The molecule has 0 spiro atoms. The molecule has 1 aliphatic rings. The summed E-state index contributed by atoms with van der Waals surface area (Å²) in [7, 11) is 1.87. The standard InChI is InChI=1S/C15H20BrFN2O2.ClH/c1-18(10-15(20)21)13-4-6-19(7-5-13)9-11-2-3-12(17)8-14(11)16;/h2-3,8,13H,4-7,9-10H2,1H3,(H,20,21);1H. The van der Waals surface area contributed by atoms with Crippen LogP contribution in [0.1, 0.15) is 18.4 Å². The van der Waals surface area contributed by atoms with Crippen LogP contribution in [0.4, 0.5) is 4.39 Å². The van der Waals surface area contributed by atoms with Crippen molar-refractivity contribution in [3.05, 3.63) is 34.1 Å². The molecule has 1 aromatic carbocycles. The molecule has 0 unspecified atom stereocenters. The molecule has 0 radical (unpaired) electrons. The second kappa shape index (κ2) is 8.82. The van der Waals surface area contributed by atoms with E-state index >= 15 is 0 Å². The topological polar surface area (TPSA) is 43.8 Å². The van der Waals surface area contributed by atoms with E-state index in [0.29, 0.717) is 6.04 Å². The average molecular weight is 396 g/mol. The van der Waals surface area contributed by atoms with Gasteiger partial charge in [-0.2, -0.15) is 0 Å². The first kappa shape index (κ1) is 19.4. The van der Waals surface area contributed by atoms with E-state index in [1.54, 1.807) is 0 Å². The van der Waals surface area contributed by atoms with Gasteiger partial charge in [0.05, 0.1) is 6.54 Å². The van der Waals surface area contributed by atoms with Crippen molar-refractivity contribution in [3.8, 4) is 0 Å². The highest BCUT2D eigenvalue weighted by Crippen LogP contribution is 2.22. The number of benzene rings is 1. The van der Waals surface area contributed by atoms with Crippen molar-refractivity contribution in [3.63, 3.8) is 0 Å². The summed E-state index contributed by atoms with van der Waals surface area (Å²) in [6, 6.07) is 5.10. The summed E-state index contributed by atoms with van der Waals surface area (Å²) in [6.07, 6.45) is 1.92. The summed E-state index contributed by atoms with van der Waals surface area (Å²) in [4.78, 5) is 15.0. The zero-order valence-corrected chi connectivity index (χ0v) is 14.9. The molecule has 1 aliphatic heterocycles. The van der Waals surface area contributed by atoms with Gasteiger partial charge in [0.15, 0.2) is 0 Å². The average Bonchev–Trinajstić information content (AvgIpc) is 2.42. The zero-order chi connectivity index (χ0) is 15.4. The van der Waals surface area contributed by atoms with Crippen molar-refractivity contribution in [1.29, 1.82) is 0 Å². The Hall–Kier alpha value is -0.690. The van der Waals surface area contributed by atoms with Crippen LogP contribution in [0.3, 0.4) is 0 Å². The van der Waals surface area contributed by atoms with E-state index in [2.05, 4.69) is 20.8 Å². The highest BCUT2D eigenvalue weighted by atomic mass is 79.9. The lowest BCUT2D eigenvalue weighted by Gasteiger charge is -2.36. The van der Waals surface area contributed by atoms with Gasteiger partial charge in [-0.3, -0.25) is 14.6 Å². The summed E-state index contributed by atoms with van der Waals surface area (Å²) >= 11 is 3.40. The first-order valence-corrected chi connectivity index (χ1v) is 7.83. The maximum absolute atomic E-state index is 13.1. The molecular formula is C15H21BrClFN2O2. The second-order valence-electron chi connectivity index (χ2n) is 5.55. The van der Waals surface area contributed by atoms with E-state index in [1.165, 1.54) is 12.1 Å². The normalized spacial score (nSPS) is 16.5. The van der Waals surface area contributed by atoms with E-state index in [0.717, 1.165) is 42.5 Å². The number of piperidine rings is 1. The van der Waals surface area contributed by atoms with Crippen LogP contribution < -0.4 is 0 Å². The maximum atomic E-state index is 13.1. The van der Waals surface area contributed by atoms with Crippen molar-refractivity contribution in [2.45, 2.75) is 25.4 Å².